The summed E-state index contributed by atoms with van der Waals surface area (Å²) >= 11 is 0. The van der Waals surface area contributed by atoms with Gasteiger partial charge in [0.15, 0.2) is 0 Å². The van der Waals surface area contributed by atoms with Crippen LogP contribution in [-0.2, 0) is 19.1 Å². The summed E-state index contributed by atoms with van der Waals surface area (Å²) < 4.78 is 11.9. The molecule has 0 radical (unpaired) electrons. The SMILES string of the molecule is CCCCCCCCC(CCCCCCCC)COC(=O)CCCCCN(CCCCCC(=O)OCC(CCCCCCCC)CCCCCCCC)CCN(C(C)C)C1CCC(O)CC1. The molecule has 1 aliphatic carbocycles. The minimum absolute atomic E-state index is 0.00224. The quantitative estimate of drug-likeness (QED) is 0.0481. The highest BCUT2D eigenvalue weighted by atomic mass is 16.5. The summed E-state index contributed by atoms with van der Waals surface area (Å²) in [4.78, 5) is 31.2. The topological polar surface area (TPSA) is 79.3 Å². The number of rotatable bonds is 49. The van der Waals surface area contributed by atoms with Gasteiger partial charge in [-0.2, -0.15) is 0 Å². The molecule has 0 amide bonds. The maximum atomic E-state index is 13.0. The summed E-state index contributed by atoms with van der Waals surface area (Å²) in [7, 11) is 0. The lowest BCUT2D eigenvalue weighted by Gasteiger charge is -2.39. The van der Waals surface area contributed by atoms with Gasteiger partial charge in [-0.05, 0) is 116 Å². The van der Waals surface area contributed by atoms with Crippen molar-refractivity contribution in [1.82, 2.24) is 9.80 Å². The first-order valence-electron chi connectivity index (χ1n) is 29.7. The standard InChI is InChI=1S/C59H116N2O5/c1-7-11-15-19-23-29-37-54(38-30-24-20-16-12-8-2)51-65-58(63)41-33-27-35-47-60(49-50-61(53(5)6)56-43-45-57(62)46-44-56)48-36-28-34-42-59(64)66-52-55(39-31-25-21-17-13-9-3)40-32-26-22-18-14-10-4/h53-57,62H,7-52H2,1-6H3. The molecule has 0 spiro atoms. The molecule has 0 aromatic heterocycles. The third-order valence-corrected chi connectivity index (χ3v) is 15.0. The zero-order valence-electron chi connectivity index (χ0n) is 45.4. The summed E-state index contributed by atoms with van der Waals surface area (Å²) in [6.45, 7) is 19.2. The van der Waals surface area contributed by atoms with Crippen LogP contribution in [0.4, 0.5) is 0 Å². The molecule has 66 heavy (non-hydrogen) atoms. The lowest BCUT2D eigenvalue weighted by molar-refractivity contribution is -0.146. The molecular formula is C59H116N2O5. The molecule has 0 unspecified atom stereocenters. The van der Waals surface area contributed by atoms with Gasteiger partial charge in [-0.1, -0.05) is 195 Å². The molecule has 392 valence electrons. The third-order valence-electron chi connectivity index (χ3n) is 15.0. The Morgan fingerprint density at radius 2 is 0.773 bits per heavy atom. The molecule has 0 atom stereocenters. The van der Waals surface area contributed by atoms with Gasteiger partial charge in [0.25, 0.3) is 0 Å². The van der Waals surface area contributed by atoms with E-state index >= 15 is 0 Å². The zero-order valence-corrected chi connectivity index (χ0v) is 45.4. The van der Waals surface area contributed by atoms with Gasteiger partial charge in [-0.25, -0.2) is 0 Å². The molecule has 1 saturated carbocycles. The van der Waals surface area contributed by atoms with Crippen molar-refractivity contribution in [3.05, 3.63) is 0 Å². The molecule has 1 rings (SSSR count). The Hall–Kier alpha value is -1.18. The number of carbonyl (C=O) groups excluding carboxylic acids is 2. The van der Waals surface area contributed by atoms with E-state index in [-0.39, 0.29) is 18.0 Å². The normalized spacial score (nSPS) is 15.6. The van der Waals surface area contributed by atoms with E-state index in [0.717, 1.165) is 90.4 Å². The maximum Gasteiger partial charge on any atom is 0.305 e. The highest BCUT2D eigenvalue weighted by molar-refractivity contribution is 5.69. The fourth-order valence-electron chi connectivity index (χ4n) is 10.4. The number of hydrogen-bond acceptors (Lipinski definition) is 7. The van der Waals surface area contributed by atoms with Crippen molar-refractivity contribution in [2.75, 3.05) is 39.4 Å². The average Bonchev–Trinajstić information content (AvgIpc) is 3.31. The smallest absolute Gasteiger partial charge is 0.305 e. The van der Waals surface area contributed by atoms with Crippen molar-refractivity contribution in [3.8, 4) is 0 Å². The number of esters is 2. The van der Waals surface area contributed by atoms with Crippen LogP contribution in [0.2, 0.25) is 0 Å². The number of hydrogen-bond donors (Lipinski definition) is 1. The van der Waals surface area contributed by atoms with Gasteiger partial charge in [0.05, 0.1) is 19.3 Å². The van der Waals surface area contributed by atoms with Crippen molar-refractivity contribution >= 4 is 11.9 Å². The van der Waals surface area contributed by atoms with Gasteiger partial charge in [-0.15, -0.1) is 0 Å². The lowest BCUT2D eigenvalue weighted by Crippen LogP contribution is -2.47. The molecule has 0 aliphatic heterocycles. The Morgan fingerprint density at radius 3 is 1.12 bits per heavy atom. The van der Waals surface area contributed by atoms with Crippen LogP contribution < -0.4 is 0 Å². The third kappa shape index (κ3) is 37.7. The predicted molar refractivity (Wildman–Crippen MR) is 284 cm³/mol. The highest BCUT2D eigenvalue weighted by Crippen LogP contribution is 2.26. The molecule has 0 heterocycles. The van der Waals surface area contributed by atoms with Crippen LogP contribution >= 0.6 is 0 Å². The summed E-state index contributed by atoms with van der Waals surface area (Å²) in [5.41, 5.74) is 0. The van der Waals surface area contributed by atoms with E-state index in [1.807, 2.05) is 0 Å². The number of nitrogens with zero attached hydrogens (tertiary/aromatic N) is 2. The summed E-state index contributed by atoms with van der Waals surface area (Å²) in [6.07, 6.45) is 47.4. The molecule has 1 N–H and O–H groups in total. The van der Waals surface area contributed by atoms with Crippen molar-refractivity contribution < 1.29 is 24.2 Å². The van der Waals surface area contributed by atoms with E-state index < -0.39 is 0 Å². The van der Waals surface area contributed by atoms with E-state index in [1.54, 1.807) is 0 Å². The molecular weight excluding hydrogens is 817 g/mol. The lowest BCUT2D eigenvalue weighted by atomic mass is 9.91. The molecule has 0 aromatic carbocycles. The van der Waals surface area contributed by atoms with Crippen molar-refractivity contribution in [2.24, 2.45) is 11.8 Å². The number of aliphatic hydroxyl groups is 1. The van der Waals surface area contributed by atoms with Gasteiger partial charge in [0, 0.05) is 38.0 Å². The average molecular weight is 934 g/mol. The summed E-state index contributed by atoms with van der Waals surface area (Å²) in [6, 6.07) is 1.04. The van der Waals surface area contributed by atoms with Crippen LogP contribution in [-0.4, -0.2) is 84.4 Å². The van der Waals surface area contributed by atoms with Crippen molar-refractivity contribution in [1.29, 1.82) is 0 Å². The van der Waals surface area contributed by atoms with E-state index in [0.29, 0.717) is 50.0 Å². The largest absolute Gasteiger partial charge is 0.465 e. The highest BCUT2D eigenvalue weighted by Gasteiger charge is 2.27. The van der Waals surface area contributed by atoms with Crippen LogP contribution in [0.1, 0.15) is 298 Å². The molecule has 1 aliphatic rings. The van der Waals surface area contributed by atoms with E-state index in [4.69, 9.17) is 9.47 Å². The number of ether oxygens (including phenoxy) is 2. The first-order valence-corrected chi connectivity index (χ1v) is 29.7. The van der Waals surface area contributed by atoms with Crippen molar-refractivity contribution in [2.45, 2.75) is 317 Å². The second kappa shape index (κ2) is 46.2. The summed E-state index contributed by atoms with van der Waals surface area (Å²) in [5, 5.41) is 10.2. The van der Waals surface area contributed by atoms with Gasteiger partial charge in [0.1, 0.15) is 0 Å². The fourth-order valence-corrected chi connectivity index (χ4v) is 10.4. The van der Waals surface area contributed by atoms with Crippen LogP contribution in [0.25, 0.3) is 0 Å². The van der Waals surface area contributed by atoms with Gasteiger partial charge >= 0.3 is 11.9 Å². The molecule has 7 nitrogen and oxygen atoms in total. The van der Waals surface area contributed by atoms with Gasteiger partial charge < -0.3 is 19.5 Å². The zero-order chi connectivity index (χ0) is 48.1. The molecule has 1 fully saturated rings. The van der Waals surface area contributed by atoms with E-state index in [9.17, 15) is 14.7 Å². The Balaban J connectivity index is 2.61. The number of aliphatic hydroxyl groups excluding tert-OH is 1. The molecule has 7 heteroatoms. The van der Waals surface area contributed by atoms with E-state index in [2.05, 4.69) is 51.3 Å². The van der Waals surface area contributed by atoms with Gasteiger partial charge in [0.2, 0.25) is 0 Å². The first kappa shape index (κ1) is 62.8. The maximum absolute atomic E-state index is 13.0. The van der Waals surface area contributed by atoms with Crippen molar-refractivity contribution in [3.63, 3.8) is 0 Å². The molecule has 0 saturated heterocycles. The fraction of sp³-hybridized carbons (Fsp3) is 0.966. The number of carbonyl (C=O) groups is 2. The molecule has 0 aromatic rings. The molecule has 0 bridgehead atoms. The minimum Gasteiger partial charge on any atom is -0.465 e. The second-order valence-corrected chi connectivity index (χ2v) is 21.6. The van der Waals surface area contributed by atoms with Crippen LogP contribution in [0.5, 0.6) is 0 Å². The number of unbranched alkanes of at least 4 members (excludes halogenated alkanes) is 24. The van der Waals surface area contributed by atoms with Crippen LogP contribution in [0.3, 0.4) is 0 Å². The Bertz CT molecular complexity index is 953. The Kier molecular flexibility index (Phi) is 44.0. The predicted octanol–water partition coefficient (Wildman–Crippen LogP) is 16.7. The van der Waals surface area contributed by atoms with E-state index in [1.165, 1.54) is 180 Å². The summed E-state index contributed by atoms with van der Waals surface area (Å²) in [5.74, 6) is 1.03. The van der Waals surface area contributed by atoms with Crippen LogP contribution in [0, 0.1) is 11.8 Å². The first-order chi connectivity index (χ1) is 32.2. The second-order valence-electron chi connectivity index (χ2n) is 21.6. The monoisotopic (exact) mass is 933 g/mol. The Labute approximate surface area is 412 Å². The van der Waals surface area contributed by atoms with Crippen LogP contribution in [0.15, 0.2) is 0 Å². The minimum atomic E-state index is -0.130. The van der Waals surface area contributed by atoms with Gasteiger partial charge in [-0.3, -0.25) is 14.5 Å². The Morgan fingerprint density at radius 1 is 0.439 bits per heavy atom.